The minimum absolute atomic E-state index is 0.0290. The summed E-state index contributed by atoms with van der Waals surface area (Å²) in [4.78, 5) is 23.0. The Labute approximate surface area is 114 Å². The average Bonchev–Trinajstić information content (AvgIpc) is 2.80. The van der Waals surface area contributed by atoms with Gasteiger partial charge in [0.25, 0.3) is 0 Å². The molecule has 0 aromatic carbocycles. The molecule has 2 N–H and O–H groups in total. The Balaban J connectivity index is 2.24. The number of nitrogens with two attached hydrogens (primary N) is 1. The molecule has 0 atom stereocenters. The van der Waals surface area contributed by atoms with Crippen LogP contribution in [0.4, 0.5) is 11.6 Å². The van der Waals surface area contributed by atoms with Crippen LogP contribution in [0.15, 0.2) is 6.33 Å². The maximum atomic E-state index is 11.3. The average molecular weight is 274 g/mol. The fourth-order valence-corrected chi connectivity index (χ4v) is 2.61. The molecule has 2 aromatic heterocycles. The Hall–Kier alpha value is -2.51. The highest BCUT2D eigenvalue weighted by Crippen LogP contribution is 2.29. The Morgan fingerprint density at radius 2 is 2.10 bits per heavy atom. The van der Waals surface area contributed by atoms with Crippen LogP contribution in [-0.4, -0.2) is 24.4 Å². The fourth-order valence-electron chi connectivity index (χ4n) is 2.61. The molecule has 0 unspecified atom stereocenters. The van der Waals surface area contributed by atoms with E-state index in [1.807, 2.05) is 0 Å². The monoisotopic (exact) mass is 274 g/mol. The molecule has 1 aliphatic rings. The molecule has 0 bridgehead atoms. The SMILES string of the molecule is Cc1nc(N)nc(-n2cnc3c2CCCC3)c1[N+](=O)[O-]. The van der Waals surface area contributed by atoms with Crippen molar-refractivity contribution < 1.29 is 4.92 Å². The van der Waals surface area contributed by atoms with Crippen molar-refractivity contribution >= 4 is 11.6 Å². The van der Waals surface area contributed by atoms with E-state index in [9.17, 15) is 10.1 Å². The van der Waals surface area contributed by atoms with Gasteiger partial charge in [-0.3, -0.25) is 14.7 Å². The summed E-state index contributed by atoms with van der Waals surface area (Å²) in [7, 11) is 0. The second kappa shape index (κ2) is 4.55. The highest BCUT2D eigenvalue weighted by molar-refractivity contribution is 5.53. The van der Waals surface area contributed by atoms with E-state index in [0.29, 0.717) is 0 Å². The van der Waals surface area contributed by atoms with Crippen molar-refractivity contribution in [2.24, 2.45) is 0 Å². The van der Waals surface area contributed by atoms with Gasteiger partial charge in [0.2, 0.25) is 11.8 Å². The number of anilines is 1. The number of aryl methyl sites for hydroxylation is 2. The lowest BCUT2D eigenvalue weighted by Gasteiger charge is -2.14. The highest BCUT2D eigenvalue weighted by atomic mass is 16.6. The van der Waals surface area contributed by atoms with Crippen molar-refractivity contribution in [1.29, 1.82) is 0 Å². The molecular weight excluding hydrogens is 260 g/mol. The maximum absolute atomic E-state index is 11.3. The summed E-state index contributed by atoms with van der Waals surface area (Å²) in [6.07, 6.45) is 5.47. The van der Waals surface area contributed by atoms with Crippen LogP contribution < -0.4 is 5.73 Å². The van der Waals surface area contributed by atoms with Crippen LogP contribution in [0.5, 0.6) is 0 Å². The summed E-state index contributed by atoms with van der Waals surface area (Å²) >= 11 is 0. The lowest BCUT2D eigenvalue weighted by atomic mass is 10.0. The molecule has 2 aromatic rings. The molecular formula is C12H14N6O2. The van der Waals surface area contributed by atoms with Gasteiger partial charge in [-0.2, -0.15) is 4.98 Å². The Morgan fingerprint density at radius 1 is 1.35 bits per heavy atom. The van der Waals surface area contributed by atoms with E-state index in [4.69, 9.17) is 5.73 Å². The number of nitro groups is 1. The molecule has 0 saturated carbocycles. The molecule has 0 fully saturated rings. The van der Waals surface area contributed by atoms with Crippen LogP contribution in [-0.2, 0) is 12.8 Å². The molecule has 0 saturated heterocycles. The molecule has 0 spiro atoms. The number of rotatable bonds is 2. The third-order valence-electron chi connectivity index (χ3n) is 3.50. The van der Waals surface area contributed by atoms with Gasteiger partial charge in [0.15, 0.2) is 0 Å². The molecule has 0 aliphatic heterocycles. The molecule has 20 heavy (non-hydrogen) atoms. The van der Waals surface area contributed by atoms with E-state index in [0.717, 1.165) is 37.1 Å². The van der Waals surface area contributed by atoms with Crippen LogP contribution in [0.25, 0.3) is 5.82 Å². The van der Waals surface area contributed by atoms with Crippen molar-refractivity contribution in [2.75, 3.05) is 5.73 Å². The van der Waals surface area contributed by atoms with E-state index >= 15 is 0 Å². The zero-order valence-electron chi connectivity index (χ0n) is 11.0. The lowest BCUT2D eigenvalue weighted by Crippen LogP contribution is -2.12. The summed E-state index contributed by atoms with van der Waals surface area (Å²) in [5.74, 6) is 0.233. The highest BCUT2D eigenvalue weighted by Gasteiger charge is 2.26. The minimum atomic E-state index is -0.473. The number of nitrogens with zero attached hydrogens (tertiary/aromatic N) is 5. The summed E-state index contributed by atoms with van der Waals surface area (Å²) in [6, 6.07) is 0. The smallest absolute Gasteiger partial charge is 0.333 e. The van der Waals surface area contributed by atoms with E-state index in [1.165, 1.54) is 0 Å². The first-order valence-electron chi connectivity index (χ1n) is 6.42. The molecule has 0 radical (unpaired) electrons. The number of imidazole rings is 1. The first-order chi connectivity index (χ1) is 9.58. The number of hydrogen-bond acceptors (Lipinski definition) is 6. The van der Waals surface area contributed by atoms with Gasteiger partial charge in [0, 0.05) is 5.69 Å². The van der Waals surface area contributed by atoms with Crippen molar-refractivity contribution in [3.8, 4) is 5.82 Å². The first-order valence-corrected chi connectivity index (χ1v) is 6.42. The second-order valence-corrected chi connectivity index (χ2v) is 4.81. The molecule has 8 nitrogen and oxygen atoms in total. The van der Waals surface area contributed by atoms with Gasteiger partial charge in [-0.25, -0.2) is 9.97 Å². The number of fused-ring (bicyclic) bond motifs is 1. The molecule has 3 rings (SSSR count). The number of aromatic nitrogens is 4. The maximum Gasteiger partial charge on any atom is 0.333 e. The van der Waals surface area contributed by atoms with Gasteiger partial charge in [-0.1, -0.05) is 0 Å². The number of nitrogen functional groups attached to an aromatic ring is 1. The predicted octanol–water partition coefficient (Wildman–Crippen LogP) is 1.34. The third kappa shape index (κ3) is 1.89. The quantitative estimate of drug-likeness (QED) is 0.653. The van der Waals surface area contributed by atoms with Crippen molar-refractivity contribution in [3.63, 3.8) is 0 Å². The van der Waals surface area contributed by atoms with Gasteiger partial charge < -0.3 is 5.73 Å². The van der Waals surface area contributed by atoms with E-state index < -0.39 is 4.92 Å². The summed E-state index contributed by atoms with van der Waals surface area (Å²) in [5, 5.41) is 11.3. The Morgan fingerprint density at radius 3 is 2.85 bits per heavy atom. The van der Waals surface area contributed by atoms with Crippen LogP contribution in [0, 0.1) is 17.0 Å². The summed E-state index contributed by atoms with van der Waals surface area (Å²) in [5.41, 5.74) is 7.74. The van der Waals surface area contributed by atoms with Crippen molar-refractivity contribution in [2.45, 2.75) is 32.6 Å². The van der Waals surface area contributed by atoms with Crippen molar-refractivity contribution in [3.05, 3.63) is 33.5 Å². The summed E-state index contributed by atoms with van der Waals surface area (Å²) in [6.45, 7) is 1.56. The lowest BCUT2D eigenvalue weighted by molar-refractivity contribution is -0.385. The van der Waals surface area contributed by atoms with Gasteiger partial charge in [0.1, 0.15) is 12.0 Å². The zero-order valence-corrected chi connectivity index (χ0v) is 11.0. The van der Waals surface area contributed by atoms with Gasteiger partial charge in [0.05, 0.1) is 10.6 Å². The van der Waals surface area contributed by atoms with Crippen molar-refractivity contribution in [1.82, 2.24) is 19.5 Å². The fraction of sp³-hybridized carbons (Fsp3) is 0.417. The van der Waals surface area contributed by atoms with Crippen LogP contribution in [0.1, 0.15) is 29.9 Å². The van der Waals surface area contributed by atoms with E-state index in [2.05, 4.69) is 15.0 Å². The Kier molecular flexibility index (Phi) is 2.85. The molecule has 0 amide bonds. The Bertz CT molecular complexity index is 693. The summed E-state index contributed by atoms with van der Waals surface area (Å²) < 4.78 is 1.68. The predicted molar refractivity (Wildman–Crippen MR) is 71.6 cm³/mol. The van der Waals surface area contributed by atoms with Crippen LogP contribution in [0.3, 0.4) is 0 Å². The second-order valence-electron chi connectivity index (χ2n) is 4.81. The van der Waals surface area contributed by atoms with Crippen LogP contribution in [0.2, 0.25) is 0 Å². The normalized spacial score (nSPS) is 14.1. The third-order valence-corrected chi connectivity index (χ3v) is 3.50. The van der Waals surface area contributed by atoms with Gasteiger partial charge >= 0.3 is 5.69 Å². The van der Waals surface area contributed by atoms with Gasteiger partial charge in [-0.15, -0.1) is 0 Å². The van der Waals surface area contributed by atoms with E-state index in [-0.39, 0.29) is 23.1 Å². The molecule has 1 aliphatic carbocycles. The number of hydrogen-bond donors (Lipinski definition) is 1. The zero-order chi connectivity index (χ0) is 14.3. The van der Waals surface area contributed by atoms with E-state index in [1.54, 1.807) is 17.8 Å². The molecule has 104 valence electrons. The van der Waals surface area contributed by atoms with Crippen LogP contribution >= 0.6 is 0 Å². The minimum Gasteiger partial charge on any atom is -0.368 e. The largest absolute Gasteiger partial charge is 0.368 e. The topological polar surface area (TPSA) is 113 Å². The molecule has 8 heteroatoms. The van der Waals surface area contributed by atoms with Gasteiger partial charge in [-0.05, 0) is 32.6 Å². The first kappa shape index (κ1) is 12.5. The molecule has 2 heterocycles. The standard InChI is InChI=1S/C12H14N6O2/c1-7-10(18(19)20)11(16-12(13)15-7)17-6-14-8-4-2-3-5-9(8)17/h6H,2-5H2,1H3,(H2,13,15,16).